The van der Waals surface area contributed by atoms with Crippen molar-refractivity contribution in [3.8, 4) is 0 Å². The normalized spacial score (nSPS) is 9.45. The predicted molar refractivity (Wildman–Crippen MR) is 39.4 cm³/mol. The lowest BCUT2D eigenvalue weighted by Gasteiger charge is -1.96. The van der Waals surface area contributed by atoms with Gasteiger partial charge in [0.05, 0.1) is 5.56 Å². The fraction of sp³-hybridized carbons (Fsp3) is 0. The zero-order valence-electron chi connectivity index (χ0n) is 5.39. The van der Waals surface area contributed by atoms with Crippen LogP contribution in [0.5, 0.6) is 0 Å². The Bertz CT molecular complexity index is 344. The second-order valence-electron chi connectivity index (χ2n) is 1.90. The van der Waals surface area contributed by atoms with Crippen molar-refractivity contribution in [2.45, 2.75) is 0 Å². The second kappa shape index (κ2) is 2.71. The highest BCUT2D eigenvalue weighted by Gasteiger charge is 2.01. The van der Waals surface area contributed by atoms with Gasteiger partial charge in [-0.1, -0.05) is 12.2 Å². The minimum absolute atomic E-state index is 0.0697. The van der Waals surface area contributed by atoms with Crippen LogP contribution < -0.4 is 0 Å². The molecule has 0 aromatic carbocycles. The third-order valence-corrected chi connectivity index (χ3v) is 1.45. The van der Waals surface area contributed by atoms with Crippen LogP contribution in [0.3, 0.4) is 0 Å². The summed E-state index contributed by atoms with van der Waals surface area (Å²) in [5, 5.41) is 17.3. The molecular formula is C6H5NO3S. The van der Waals surface area contributed by atoms with Gasteiger partial charge in [-0.15, -0.1) is 0 Å². The number of hydrogen-bond acceptors (Lipinski definition) is 3. The third kappa shape index (κ3) is 1.56. The highest BCUT2D eigenvalue weighted by molar-refractivity contribution is 7.71. The van der Waals surface area contributed by atoms with Crippen LogP contribution in [0.25, 0.3) is 0 Å². The summed E-state index contributed by atoms with van der Waals surface area (Å²) >= 11 is 4.61. The first-order valence-corrected chi connectivity index (χ1v) is 3.17. The average Bonchev–Trinajstić information content (AvgIpc) is 1.94. The molecule has 0 radical (unpaired) electrons. The Kier molecular flexibility index (Phi) is 1.91. The van der Waals surface area contributed by atoms with Crippen molar-refractivity contribution in [3.63, 3.8) is 0 Å². The molecule has 1 rings (SSSR count). The van der Waals surface area contributed by atoms with Crippen LogP contribution in [0, 0.1) is 4.64 Å². The second-order valence-corrected chi connectivity index (χ2v) is 2.32. The van der Waals surface area contributed by atoms with E-state index >= 15 is 0 Å². The van der Waals surface area contributed by atoms with Gasteiger partial charge in [0.2, 0.25) is 0 Å². The fourth-order valence-electron chi connectivity index (χ4n) is 0.605. The Morgan fingerprint density at radius 3 is 2.73 bits per heavy atom. The highest BCUT2D eigenvalue weighted by Crippen LogP contribution is 1.99. The zero-order chi connectivity index (χ0) is 8.43. The number of nitrogens with zero attached hydrogens (tertiary/aromatic N) is 1. The number of aromatic carboxylic acids is 1. The molecule has 0 aliphatic rings. The molecule has 0 amide bonds. The van der Waals surface area contributed by atoms with Crippen LogP contribution >= 0.6 is 12.2 Å². The number of carbonyl (C=O) groups is 1. The Morgan fingerprint density at radius 2 is 2.27 bits per heavy atom. The molecule has 4 nitrogen and oxygen atoms in total. The minimum atomic E-state index is -1.06. The standard InChI is InChI=1S/C6H5NO3S/c8-6(9)4-1-2-7(10)5(11)3-4/h1-3,10H,(H,8,9). The van der Waals surface area contributed by atoms with E-state index in [1.54, 1.807) is 0 Å². The number of aromatic nitrogens is 1. The van der Waals surface area contributed by atoms with Crippen LogP contribution in [0.4, 0.5) is 0 Å². The van der Waals surface area contributed by atoms with E-state index in [0.29, 0.717) is 4.73 Å². The SMILES string of the molecule is O=C(O)c1ccn(O)c(=S)c1. The molecule has 1 heterocycles. The van der Waals surface area contributed by atoms with Crippen LogP contribution in [0.2, 0.25) is 0 Å². The maximum Gasteiger partial charge on any atom is 0.335 e. The number of rotatable bonds is 1. The Balaban J connectivity index is 3.26. The molecule has 0 saturated carbocycles. The van der Waals surface area contributed by atoms with Gasteiger partial charge in [-0.2, -0.15) is 4.73 Å². The van der Waals surface area contributed by atoms with Crippen molar-refractivity contribution in [2.75, 3.05) is 0 Å². The largest absolute Gasteiger partial charge is 0.478 e. The lowest BCUT2D eigenvalue weighted by atomic mass is 10.3. The summed E-state index contributed by atoms with van der Waals surface area (Å²) in [5.41, 5.74) is 0.0697. The maximum absolute atomic E-state index is 10.3. The van der Waals surface area contributed by atoms with Gasteiger partial charge in [-0.05, 0) is 12.1 Å². The van der Waals surface area contributed by atoms with E-state index in [0.717, 1.165) is 0 Å². The van der Waals surface area contributed by atoms with E-state index in [1.807, 2.05) is 0 Å². The molecule has 5 heteroatoms. The summed E-state index contributed by atoms with van der Waals surface area (Å²) in [6, 6.07) is 2.47. The summed E-state index contributed by atoms with van der Waals surface area (Å²) < 4.78 is 0.756. The highest BCUT2D eigenvalue weighted by atomic mass is 32.1. The fourth-order valence-corrected chi connectivity index (χ4v) is 0.792. The topological polar surface area (TPSA) is 62.5 Å². The summed E-state index contributed by atoms with van der Waals surface area (Å²) in [7, 11) is 0. The molecule has 0 fully saturated rings. The van der Waals surface area contributed by atoms with Gasteiger partial charge in [0, 0.05) is 6.20 Å². The van der Waals surface area contributed by atoms with E-state index in [2.05, 4.69) is 12.2 Å². The molecule has 0 bridgehead atoms. The number of carboxylic acid groups (broad SMARTS) is 1. The van der Waals surface area contributed by atoms with E-state index in [9.17, 15) is 4.79 Å². The van der Waals surface area contributed by atoms with Gasteiger partial charge in [0.1, 0.15) is 4.64 Å². The number of pyridine rings is 1. The van der Waals surface area contributed by atoms with Crippen LogP contribution in [0.15, 0.2) is 18.3 Å². The molecule has 0 saturated heterocycles. The Labute approximate surface area is 67.3 Å². The zero-order valence-corrected chi connectivity index (χ0v) is 6.21. The minimum Gasteiger partial charge on any atom is -0.478 e. The monoisotopic (exact) mass is 171 g/mol. The van der Waals surface area contributed by atoms with E-state index in [1.165, 1.54) is 18.3 Å². The lowest BCUT2D eigenvalue weighted by Crippen LogP contribution is -2.00. The van der Waals surface area contributed by atoms with Crippen LogP contribution in [-0.2, 0) is 0 Å². The smallest absolute Gasteiger partial charge is 0.335 e. The Hall–Kier alpha value is -1.36. The molecule has 58 valence electrons. The van der Waals surface area contributed by atoms with Crippen molar-refractivity contribution >= 4 is 18.2 Å². The molecule has 1 aromatic rings. The van der Waals surface area contributed by atoms with Gasteiger partial charge in [0.25, 0.3) is 0 Å². The number of carboxylic acids is 1. The quantitative estimate of drug-likeness (QED) is 0.491. The third-order valence-electron chi connectivity index (χ3n) is 1.15. The van der Waals surface area contributed by atoms with Crippen molar-refractivity contribution < 1.29 is 15.1 Å². The molecule has 0 aliphatic carbocycles. The summed E-state index contributed by atoms with van der Waals surface area (Å²) in [6.07, 6.45) is 1.19. The first-order chi connectivity index (χ1) is 5.11. The van der Waals surface area contributed by atoms with Crippen molar-refractivity contribution in [2.24, 2.45) is 0 Å². The van der Waals surface area contributed by atoms with E-state index < -0.39 is 5.97 Å². The molecule has 0 spiro atoms. The van der Waals surface area contributed by atoms with E-state index in [4.69, 9.17) is 10.3 Å². The van der Waals surface area contributed by atoms with Gasteiger partial charge in [-0.25, -0.2) is 4.79 Å². The Morgan fingerprint density at radius 1 is 1.64 bits per heavy atom. The van der Waals surface area contributed by atoms with Gasteiger partial charge >= 0.3 is 5.97 Å². The van der Waals surface area contributed by atoms with Crippen LogP contribution in [-0.4, -0.2) is 21.0 Å². The van der Waals surface area contributed by atoms with Crippen molar-refractivity contribution in [1.82, 2.24) is 4.73 Å². The molecule has 11 heavy (non-hydrogen) atoms. The lowest BCUT2D eigenvalue weighted by molar-refractivity contribution is 0.0696. The van der Waals surface area contributed by atoms with Gasteiger partial charge in [0.15, 0.2) is 0 Å². The summed E-state index contributed by atoms with van der Waals surface area (Å²) in [6.45, 7) is 0. The van der Waals surface area contributed by atoms with Crippen LogP contribution in [0.1, 0.15) is 10.4 Å². The van der Waals surface area contributed by atoms with Crippen molar-refractivity contribution in [1.29, 1.82) is 0 Å². The first kappa shape index (κ1) is 7.74. The van der Waals surface area contributed by atoms with Crippen molar-refractivity contribution in [3.05, 3.63) is 28.5 Å². The molecule has 0 atom stereocenters. The predicted octanol–water partition coefficient (Wildman–Crippen LogP) is 1.15. The summed E-state index contributed by atoms with van der Waals surface area (Å²) in [4.78, 5) is 10.3. The molecular weight excluding hydrogens is 166 g/mol. The average molecular weight is 171 g/mol. The summed E-state index contributed by atoms with van der Waals surface area (Å²) in [5.74, 6) is -1.06. The van der Waals surface area contributed by atoms with Gasteiger partial charge in [-0.3, -0.25) is 0 Å². The maximum atomic E-state index is 10.3. The molecule has 1 aromatic heterocycles. The number of hydrogen-bond donors (Lipinski definition) is 2. The molecule has 0 unspecified atom stereocenters. The first-order valence-electron chi connectivity index (χ1n) is 2.76. The van der Waals surface area contributed by atoms with Gasteiger partial charge < -0.3 is 10.3 Å². The molecule has 0 aliphatic heterocycles. The van der Waals surface area contributed by atoms with E-state index in [-0.39, 0.29) is 10.2 Å². The molecule has 2 N–H and O–H groups in total.